The number of nitrogens with one attached hydrogen (secondary N) is 1. The molecule has 3 heteroatoms. The van der Waals surface area contributed by atoms with Gasteiger partial charge in [-0.3, -0.25) is 9.80 Å². The van der Waals surface area contributed by atoms with Crippen LogP contribution in [0.15, 0.2) is 24.3 Å². The molecule has 2 aliphatic heterocycles. The van der Waals surface area contributed by atoms with Gasteiger partial charge in [-0.2, -0.15) is 0 Å². The third-order valence-corrected chi connectivity index (χ3v) is 4.88. The second-order valence-corrected chi connectivity index (χ2v) is 6.87. The first kappa shape index (κ1) is 15.0. The third kappa shape index (κ3) is 3.85. The molecule has 1 N–H and O–H groups in total. The monoisotopic (exact) mass is 287 g/mol. The van der Waals surface area contributed by atoms with Crippen LogP contribution in [0, 0.1) is 0 Å². The molecular weight excluding hydrogens is 258 g/mol. The Labute approximate surface area is 129 Å². The SMILES string of the molecule is CC(C)NCc1ccccc1CN1CCN2CCCC2C1. The van der Waals surface area contributed by atoms with E-state index in [0.29, 0.717) is 6.04 Å². The van der Waals surface area contributed by atoms with Gasteiger partial charge in [0.25, 0.3) is 0 Å². The fourth-order valence-electron chi connectivity index (χ4n) is 3.64. The molecule has 0 bridgehead atoms. The summed E-state index contributed by atoms with van der Waals surface area (Å²) in [5, 5.41) is 3.55. The molecule has 0 aliphatic carbocycles. The van der Waals surface area contributed by atoms with E-state index in [4.69, 9.17) is 0 Å². The first-order chi connectivity index (χ1) is 10.2. The average Bonchev–Trinajstić information content (AvgIpc) is 2.94. The quantitative estimate of drug-likeness (QED) is 0.897. The van der Waals surface area contributed by atoms with Gasteiger partial charge in [0.1, 0.15) is 0 Å². The van der Waals surface area contributed by atoms with Crippen molar-refractivity contribution >= 4 is 0 Å². The summed E-state index contributed by atoms with van der Waals surface area (Å²) >= 11 is 0. The number of fused-ring (bicyclic) bond motifs is 1. The van der Waals surface area contributed by atoms with E-state index in [1.54, 1.807) is 0 Å². The van der Waals surface area contributed by atoms with Gasteiger partial charge in [0, 0.05) is 44.8 Å². The summed E-state index contributed by atoms with van der Waals surface area (Å²) in [4.78, 5) is 5.34. The van der Waals surface area contributed by atoms with Crippen LogP contribution in [0.3, 0.4) is 0 Å². The molecule has 2 fully saturated rings. The molecule has 1 aromatic carbocycles. The fourth-order valence-corrected chi connectivity index (χ4v) is 3.64. The smallest absolute Gasteiger partial charge is 0.0238 e. The summed E-state index contributed by atoms with van der Waals surface area (Å²) < 4.78 is 0. The van der Waals surface area contributed by atoms with E-state index in [2.05, 4.69) is 53.2 Å². The second-order valence-electron chi connectivity index (χ2n) is 6.87. The minimum Gasteiger partial charge on any atom is -0.310 e. The van der Waals surface area contributed by atoms with Crippen molar-refractivity contribution in [2.45, 2.75) is 51.9 Å². The van der Waals surface area contributed by atoms with Gasteiger partial charge >= 0.3 is 0 Å². The van der Waals surface area contributed by atoms with Crippen LogP contribution in [0.5, 0.6) is 0 Å². The Morgan fingerprint density at radius 2 is 1.95 bits per heavy atom. The molecule has 3 rings (SSSR count). The normalized spacial score (nSPS) is 23.7. The Bertz CT molecular complexity index is 458. The number of benzene rings is 1. The molecule has 2 saturated heterocycles. The predicted molar refractivity (Wildman–Crippen MR) is 88.3 cm³/mol. The van der Waals surface area contributed by atoms with Crippen molar-refractivity contribution in [1.82, 2.24) is 15.1 Å². The molecule has 1 atom stereocenters. The van der Waals surface area contributed by atoms with Crippen LogP contribution in [0.25, 0.3) is 0 Å². The predicted octanol–water partition coefficient (Wildman–Crippen LogP) is 2.46. The van der Waals surface area contributed by atoms with Gasteiger partial charge in [-0.1, -0.05) is 38.1 Å². The Kier molecular flexibility index (Phi) is 4.94. The standard InChI is InChI=1S/C18H29N3/c1-15(2)19-12-16-6-3-4-7-17(16)13-20-10-11-21-9-5-8-18(21)14-20/h3-4,6-7,15,18-19H,5,8-14H2,1-2H3. The Morgan fingerprint density at radius 3 is 2.76 bits per heavy atom. The largest absolute Gasteiger partial charge is 0.310 e. The molecule has 3 nitrogen and oxygen atoms in total. The minimum absolute atomic E-state index is 0.542. The summed E-state index contributed by atoms with van der Waals surface area (Å²) in [6.07, 6.45) is 2.79. The molecule has 0 spiro atoms. The lowest BCUT2D eigenvalue weighted by Gasteiger charge is -2.37. The Morgan fingerprint density at radius 1 is 1.14 bits per heavy atom. The topological polar surface area (TPSA) is 18.5 Å². The highest BCUT2D eigenvalue weighted by Crippen LogP contribution is 2.23. The van der Waals surface area contributed by atoms with Crippen molar-refractivity contribution in [1.29, 1.82) is 0 Å². The molecule has 0 amide bonds. The molecule has 0 saturated carbocycles. The van der Waals surface area contributed by atoms with Crippen molar-refractivity contribution in [2.75, 3.05) is 26.2 Å². The van der Waals surface area contributed by atoms with Crippen molar-refractivity contribution in [2.24, 2.45) is 0 Å². The number of hydrogen-bond acceptors (Lipinski definition) is 3. The summed E-state index contributed by atoms with van der Waals surface area (Å²) in [5.74, 6) is 0. The van der Waals surface area contributed by atoms with Crippen LogP contribution >= 0.6 is 0 Å². The molecule has 116 valence electrons. The maximum absolute atomic E-state index is 3.55. The van der Waals surface area contributed by atoms with Gasteiger partial charge in [-0.05, 0) is 30.5 Å². The van der Waals surface area contributed by atoms with Gasteiger partial charge in [0.05, 0.1) is 0 Å². The average molecular weight is 287 g/mol. The van der Waals surface area contributed by atoms with E-state index in [9.17, 15) is 0 Å². The molecule has 2 heterocycles. The lowest BCUT2D eigenvalue weighted by molar-refractivity contribution is 0.0991. The zero-order chi connectivity index (χ0) is 14.7. The number of hydrogen-bond donors (Lipinski definition) is 1. The Balaban J connectivity index is 1.61. The lowest BCUT2D eigenvalue weighted by Crippen LogP contribution is -2.49. The van der Waals surface area contributed by atoms with Gasteiger partial charge in [-0.15, -0.1) is 0 Å². The molecule has 2 aliphatic rings. The van der Waals surface area contributed by atoms with Crippen molar-refractivity contribution in [3.8, 4) is 0 Å². The molecular formula is C18H29N3. The number of nitrogens with zero attached hydrogens (tertiary/aromatic N) is 2. The van der Waals surface area contributed by atoms with E-state index < -0.39 is 0 Å². The van der Waals surface area contributed by atoms with E-state index >= 15 is 0 Å². The van der Waals surface area contributed by atoms with Gasteiger partial charge in [0.2, 0.25) is 0 Å². The van der Waals surface area contributed by atoms with Crippen molar-refractivity contribution in [3.63, 3.8) is 0 Å². The Hall–Kier alpha value is -0.900. The van der Waals surface area contributed by atoms with Gasteiger partial charge < -0.3 is 5.32 Å². The van der Waals surface area contributed by atoms with E-state index in [1.807, 2.05) is 0 Å². The number of rotatable bonds is 5. The van der Waals surface area contributed by atoms with Crippen LogP contribution in [0.2, 0.25) is 0 Å². The second kappa shape index (κ2) is 6.91. The third-order valence-electron chi connectivity index (χ3n) is 4.88. The van der Waals surface area contributed by atoms with E-state index in [-0.39, 0.29) is 0 Å². The van der Waals surface area contributed by atoms with Gasteiger partial charge in [0.15, 0.2) is 0 Å². The highest BCUT2D eigenvalue weighted by molar-refractivity contribution is 5.27. The van der Waals surface area contributed by atoms with Crippen molar-refractivity contribution < 1.29 is 0 Å². The molecule has 1 unspecified atom stereocenters. The zero-order valence-corrected chi connectivity index (χ0v) is 13.5. The summed E-state index contributed by atoms with van der Waals surface area (Å²) in [6, 6.07) is 10.3. The molecule has 0 radical (unpaired) electrons. The molecule has 1 aromatic rings. The fraction of sp³-hybridized carbons (Fsp3) is 0.667. The summed E-state index contributed by atoms with van der Waals surface area (Å²) in [6.45, 7) is 11.6. The maximum atomic E-state index is 3.55. The zero-order valence-electron chi connectivity index (χ0n) is 13.5. The van der Waals surface area contributed by atoms with Crippen LogP contribution in [-0.2, 0) is 13.1 Å². The van der Waals surface area contributed by atoms with Crippen LogP contribution in [-0.4, -0.2) is 48.1 Å². The van der Waals surface area contributed by atoms with Crippen LogP contribution in [0.1, 0.15) is 37.8 Å². The molecule has 21 heavy (non-hydrogen) atoms. The molecule has 0 aromatic heterocycles. The first-order valence-electron chi connectivity index (χ1n) is 8.49. The van der Waals surface area contributed by atoms with Crippen LogP contribution in [0.4, 0.5) is 0 Å². The lowest BCUT2D eigenvalue weighted by atomic mass is 10.1. The highest BCUT2D eigenvalue weighted by atomic mass is 15.3. The van der Waals surface area contributed by atoms with E-state index in [1.165, 1.54) is 50.1 Å². The summed E-state index contributed by atoms with van der Waals surface area (Å²) in [5.41, 5.74) is 2.96. The van der Waals surface area contributed by atoms with Crippen LogP contribution < -0.4 is 5.32 Å². The number of piperazine rings is 1. The summed E-state index contributed by atoms with van der Waals surface area (Å²) in [7, 11) is 0. The minimum atomic E-state index is 0.542. The maximum Gasteiger partial charge on any atom is 0.0238 e. The van der Waals surface area contributed by atoms with Gasteiger partial charge in [-0.25, -0.2) is 0 Å². The van der Waals surface area contributed by atoms with E-state index in [0.717, 1.165) is 19.1 Å². The van der Waals surface area contributed by atoms with Crippen molar-refractivity contribution in [3.05, 3.63) is 35.4 Å². The first-order valence-corrected chi connectivity index (χ1v) is 8.49. The highest BCUT2D eigenvalue weighted by Gasteiger charge is 2.30.